The van der Waals surface area contributed by atoms with Gasteiger partial charge in [0.25, 0.3) is 0 Å². The van der Waals surface area contributed by atoms with E-state index in [4.69, 9.17) is 37.0 Å². The number of esters is 4. The molecule has 0 heterocycles. The van der Waals surface area contributed by atoms with Crippen LogP contribution in [-0.4, -0.2) is 96.7 Å². The predicted molar refractivity (Wildman–Crippen MR) is 432 cm³/mol. The second-order valence-electron chi connectivity index (χ2n) is 31.4. The van der Waals surface area contributed by atoms with Crippen LogP contribution in [0, 0.1) is 5.92 Å². The molecule has 0 aliphatic carbocycles. The maximum atomic E-state index is 13.1. The molecule has 0 aliphatic heterocycles. The summed E-state index contributed by atoms with van der Waals surface area (Å²) in [6, 6.07) is 0. The second kappa shape index (κ2) is 78.7. The Labute approximate surface area is 645 Å². The van der Waals surface area contributed by atoms with Crippen LogP contribution in [-0.2, 0) is 65.4 Å². The zero-order valence-corrected chi connectivity index (χ0v) is 70.7. The molecule has 0 spiro atoms. The fraction of sp³-hybridized carbons (Fsp3) is 0.953. The molecule has 624 valence electrons. The Morgan fingerprint density at radius 3 is 0.648 bits per heavy atom. The maximum Gasteiger partial charge on any atom is 0.472 e. The lowest BCUT2D eigenvalue weighted by molar-refractivity contribution is -0.161. The molecule has 5 atom stereocenters. The van der Waals surface area contributed by atoms with Crippen LogP contribution < -0.4 is 0 Å². The molecule has 0 aliphatic rings. The van der Waals surface area contributed by atoms with E-state index in [1.807, 2.05) is 0 Å². The van der Waals surface area contributed by atoms with Crippen LogP contribution in [0.5, 0.6) is 0 Å². The van der Waals surface area contributed by atoms with Gasteiger partial charge in [-0.25, -0.2) is 9.13 Å². The van der Waals surface area contributed by atoms with Crippen molar-refractivity contribution in [2.75, 3.05) is 39.6 Å². The normalized spacial score (nSPS) is 13.8. The van der Waals surface area contributed by atoms with Gasteiger partial charge in [0.05, 0.1) is 26.4 Å². The van der Waals surface area contributed by atoms with Crippen molar-refractivity contribution in [2.45, 2.75) is 483 Å². The molecule has 0 saturated heterocycles. The van der Waals surface area contributed by atoms with Gasteiger partial charge in [-0.2, -0.15) is 0 Å². The zero-order chi connectivity index (χ0) is 76.9. The molecule has 0 amide bonds. The number of ether oxygens (including phenoxy) is 4. The van der Waals surface area contributed by atoms with Gasteiger partial charge in [-0.1, -0.05) is 413 Å². The summed E-state index contributed by atoms with van der Waals surface area (Å²) in [6.07, 6.45) is 72.3. The van der Waals surface area contributed by atoms with Crippen molar-refractivity contribution in [2.24, 2.45) is 5.92 Å². The van der Waals surface area contributed by atoms with Crippen molar-refractivity contribution in [3.63, 3.8) is 0 Å². The summed E-state index contributed by atoms with van der Waals surface area (Å²) in [5.74, 6) is -1.29. The van der Waals surface area contributed by atoms with Crippen LogP contribution in [0.25, 0.3) is 0 Å². The number of carbonyl (C=O) groups is 4. The molecule has 0 aromatic carbocycles. The average Bonchev–Trinajstić information content (AvgIpc) is 0.948. The van der Waals surface area contributed by atoms with E-state index in [0.29, 0.717) is 25.7 Å². The Hall–Kier alpha value is -1.94. The third-order valence-electron chi connectivity index (χ3n) is 20.3. The number of unbranched alkanes of at least 4 members (excludes halogenated alkanes) is 58. The Morgan fingerprint density at radius 1 is 0.257 bits per heavy atom. The van der Waals surface area contributed by atoms with E-state index in [1.54, 1.807) is 0 Å². The Morgan fingerprint density at radius 2 is 0.438 bits per heavy atom. The van der Waals surface area contributed by atoms with E-state index in [-0.39, 0.29) is 25.7 Å². The quantitative estimate of drug-likeness (QED) is 0.0222. The van der Waals surface area contributed by atoms with Crippen LogP contribution in [0.4, 0.5) is 0 Å². The van der Waals surface area contributed by atoms with E-state index in [0.717, 1.165) is 95.8 Å². The SMILES string of the molecule is CCCCCCCCCCCCCCCCCCCCCCCCC(=O)O[C@H](COC(=O)CCCCCCCCCCCCCCCCCC(C)C)COP(=O)(O)OC[C@@H](O)COP(=O)(O)OC[C@@H](COC(=O)CCCCCCCCCCC)OC(=O)CCCCCCCCCCCCCCCCCC. The monoisotopic (exact) mass is 1540 g/mol. The Kier molecular flexibility index (Phi) is 77.3. The molecule has 0 bridgehead atoms. The number of aliphatic hydroxyl groups excluding tert-OH is 1. The third-order valence-corrected chi connectivity index (χ3v) is 22.2. The lowest BCUT2D eigenvalue weighted by atomic mass is 10.0. The molecular formula is C86H168O17P2. The van der Waals surface area contributed by atoms with Gasteiger partial charge in [-0.15, -0.1) is 0 Å². The third kappa shape index (κ3) is 79.9. The summed E-state index contributed by atoms with van der Waals surface area (Å²) in [7, 11) is -9.92. The van der Waals surface area contributed by atoms with E-state index in [9.17, 15) is 43.2 Å². The molecule has 3 N–H and O–H groups in total. The lowest BCUT2D eigenvalue weighted by Crippen LogP contribution is -2.30. The van der Waals surface area contributed by atoms with E-state index < -0.39 is 97.5 Å². The van der Waals surface area contributed by atoms with E-state index in [2.05, 4.69) is 34.6 Å². The highest BCUT2D eigenvalue weighted by atomic mass is 31.2. The molecule has 19 heteroatoms. The fourth-order valence-corrected chi connectivity index (χ4v) is 15.1. The number of hydrogen-bond acceptors (Lipinski definition) is 15. The molecule has 0 rings (SSSR count). The smallest absolute Gasteiger partial charge is 0.462 e. The van der Waals surface area contributed by atoms with Gasteiger partial charge in [-0.05, 0) is 31.6 Å². The first-order valence-electron chi connectivity index (χ1n) is 44.6. The van der Waals surface area contributed by atoms with Gasteiger partial charge in [0.2, 0.25) is 0 Å². The first-order chi connectivity index (χ1) is 51.0. The van der Waals surface area contributed by atoms with Crippen LogP contribution in [0.3, 0.4) is 0 Å². The van der Waals surface area contributed by atoms with Crippen LogP contribution >= 0.6 is 15.6 Å². The highest BCUT2D eigenvalue weighted by Gasteiger charge is 2.30. The molecule has 0 saturated carbocycles. The van der Waals surface area contributed by atoms with Crippen molar-refractivity contribution in [1.29, 1.82) is 0 Å². The van der Waals surface area contributed by atoms with E-state index in [1.165, 1.54) is 289 Å². The summed E-state index contributed by atoms with van der Waals surface area (Å²) in [5.41, 5.74) is 0. The van der Waals surface area contributed by atoms with Crippen LogP contribution in [0.15, 0.2) is 0 Å². The van der Waals surface area contributed by atoms with Gasteiger partial charge < -0.3 is 33.8 Å². The maximum absolute atomic E-state index is 13.1. The average molecular weight is 1540 g/mol. The predicted octanol–water partition coefficient (Wildman–Crippen LogP) is 26.4. The summed E-state index contributed by atoms with van der Waals surface area (Å²) in [5, 5.41) is 10.7. The summed E-state index contributed by atoms with van der Waals surface area (Å²) in [6.45, 7) is 7.38. The topological polar surface area (TPSA) is 237 Å². The molecule has 17 nitrogen and oxygen atoms in total. The van der Waals surface area contributed by atoms with Gasteiger partial charge in [0, 0.05) is 25.7 Å². The Balaban J connectivity index is 5.20. The second-order valence-corrected chi connectivity index (χ2v) is 34.3. The lowest BCUT2D eigenvalue weighted by Gasteiger charge is -2.21. The summed E-state index contributed by atoms with van der Waals surface area (Å²) >= 11 is 0. The van der Waals surface area contributed by atoms with E-state index >= 15 is 0 Å². The summed E-state index contributed by atoms with van der Waals surface area (Å²) < 4.78 is 68.8. The van der Waals surface area contributed by atoms with Gasteiger partial charge >= 0.3 is 39.5 Å². The van der Waals surface area contributed by atoms with Crippen LogP contribution in [0.2, 0.25) is 0 Å². The summed E-state index contributed by atoms with van der Waals surface area (Å²) in [4.78, 5) is 73.2. The first-order valence-corrected chi connectivity index (χ1v) is 47.6. The van der Waals surface area contributed by atoms with Gasteiger partial charge in [-0.3, -0.25) is 37.3 Å². The highest BCUT2D eigenvalue weighted by Crippen LogP contribution is 2.45. The molecule has 2 unspecified atom stereocenters. The number of hydrogen-bond donors (Lipinski definition) is 3. The fourth-order valence-electron chi connectivity index (χ4n) is 13.5. The van der Waals surface area contributed by atoms with Crippen molar-refractivity contribution in [3.8, 4) is 0 Å². The number of phosphoric acid groups is 2. The van der Waals surface area contributed by atoms with Crippen LogP contribution in [0.1, 0.15) is 465 Å². The van der Waals surface area contributed by atoms with Gasteiger partial charge in [0.1, 0.15) is 19.3 Å². The standard InChI is InChI=1S/C86H168O17P2/c1-6-9-12-15-18-21-23-25-27-29-30-31-32-33-34-38-43-47-52-57-62-67-72-86(91)103-82(76-97-84(89)70-65-60-55-50-45-41-39-35-36-40-44-49-53-58-63-68-79(4)5)78-101-105(94,95)99-74-80(87)73-98-104(92,93)100-77-81(75-96-83(88)69-64-59-54-48-20-17-14-11-8-3)102-85(90)71-66-61-56-51-46-42-37-28-26-24-22-19-16-13-10-7-2/h79-82,87H,6-78H2,1-5H3,(H,92,93)(H,94,95)/t80-,81+,82+/m0/s1. The number of carbonyl (C=O) groups excluding carboxylic acids is 4. The molecule has 0 fully saturated rings. The highest BCUT2D eigenvalue weighted by molar-refractivity contribution is 7.47. The molecule has 0 aromatic heterocycles. The minimum absolute atomic E-state index is 0.109. The van der Waals surface area contributed by atoms with Crippen molar-refractivity contribution in [1.82, 2.24) is 0 Å². The molecule has 105 heavy (non-hydrogen) atoms. The van der Waals surface area contributed by atoms with Crippen molar-refractivity contribution < 1.29 is 80.2 Å². The first kappa shape index (κ1) is 103. The zero-order valence-electron chi connectivity index (χ0n) is 68.9. The Bertz CT molecular complexity index is 2000. The number of aliphatic hydroxyl groups is 1. The largest absolute Gasteiger partial charge is 0.472 e. The number of rotatable bonds is 86. The molecule has 0 aromatic rings. The van der Waals surface area contributed by atoms with Crippen molar-refractivity contribution >= 4 is 39.5 Å². The molecular weight excluding hydrogens is 1370 g/mol. The van der Waals surface area contributed by atoms with Gasteiger partial charge in [0.15, 0.2) is 12.2 Å². The minimum Gasteiger partial charge on any atom is -0.462 e. The number of phosphoric ester groups is 2. The van der Waals surface area contributed by atoms with Crippen molar-refractivity contribution in [3.05, 3.63) is 0 Å². The molecule has 0 radical (unpaired) electrons. The minimum atomic E-state index is -4.96.